The van der Waals surface area contributed by atoms with E-state index in [0.717, 1.165) is 10.2 Å². The molecule has 1 aliphatic rings. The molecule has 24 heavy (non-hydrogen) atoms. The number of amides is 2. The lowest BCUT2D eigenvalue weighted by atomic mass is 9.86. The first-order valence-corrected chi connectivity index (χ1v) is 8.72. The lowest BCUT2D eigenvalue weighted by molar-refractivity contribution is -0.123. The third-order valence-electron chi connectivity index (χ3n) is 3.97. The molecule has 2 amide bonds. The van der Waals surface area contributed by atoms with Gasteiger partial charge in [0.1, 0.15) is 11.1 Å². The molecular formula is C17H24BrN3O3. The summed E-state index contributed by atoms with van der Waals surface area (Å²) in [4.78, 5) is 25.8. The molecule has 3 N–H and O–H groups in total. The molecule has 132 valence electrons. The van der Waals surface area contributed by atoms with E-state index in [1.165, 1.54) is 0 Å². The fraction of sp³-hybridized carbons (Fsp3) is 0.529. The Morgan fingerprint density at radius 2 is 1.75 bits per heavy atom. The predicted molar refractivity (Wildman–Crippen MR) is 96.7 cm³/mol. The van der Waals surface area contributed by atoms with Crippen molar-refractivity contribution >= 4 is 33.6 Å². The van der Waals surface area contributed by atoms with Crippen molar-refractivity contribution in [2.45, 2.75) is 44.8 Å². The summed E-state index contributed by atoms with van der Waals surface area (Å²) in [6.45, 7) is 6.33. The number of hydrogen-bond acceptors (Lipinski definition) is 4. The number of nitrogens with two attached hydrogens (primary N) is 1. The van der Waals surface area contributed by atoms with Gasteiger partial charge >= 0.3 is 6.09 Å². The fourth-order valence-electron chi connectivity index (χ4n) is 2.64. The van der Waals surface area contributed by atoms with Crippen LogP contribution in [-0.4, -0.2) is 41.1 Å². The van der Waals surface area contributed by atoms with E-state index in [1.807, 2.05) is 45.0 Å². The van der Waals surface area contributed by atoms with Crippen LogP contribution in [0.4, 0.5) is 10.5 Å². The highest BCUT2D eigenvalue weighted by Crippen LogP contribution is 2.28. The molecule has 1 aromatic rings. The van der Waals surface area contributed by atoms with Gasteiger partial charge in [-0.25, -0.2) is 4.79 Å². The van der Waals surface area contributed by atoms with Crippen LogP contribution in [0, 0.1) is 0 Å². The minimum atomic E-state index is -0.855. The zero-order chi connectivity index (χ0) is 18.0. The van der Waals surface area contributed by atoms with Crippen molar-refractivity contribution in [3.63, 3.8) is 0 Å². The van der Waals surface area contributed by atoms with E-state index in [1.54, 1.807) is 4.90 Å². The van der Waals surface area contributed by atoms with Crippen LogP contribution in [0.2, 0.25) is 0 Å². The first-order chi connectivity index (χ1) is 11.1. The van der Waals surface area contributed by atoms with Crippen LogP contribution >= 0.6 is 15.9 Å². The van der Waals surface area contributed by atoms with Gasteiger partial charge in [0.25, 0.3) is 0 Å². The van der Waals surface area contributed by atoms with Crippen molar-refractivity contribution in [3.8, 4) is 0 Å². The van der Waals surface area contributed by atoms with E-state index in [-0.39, 0.29) is 6.09 Å². The molecule has 6 nitrogen and oxygen atoms in total. The maximum atomic E-state index is 12.2. The number of carbonyl (C=O) groups is 2. The second kappa shape index (κ2) is 7.01. The van der Waals surface area contributed by atoms with E-state index < -0.39 is 17.0 Å². The normalized spacial score (nSPS) is 17.2. The maximum Gasteiger partial charge on any atom is 0.410 e. The Kier molecular flexibility index (Phi) is 5.42. The zero-order valence-corrected chi connectivity index (χ0v) is 15.9. The molecule has 2 rings (SSSR count). The summed E-state index contributed by atoms with van der Waals surface area (Å²) in [5.41, 5.74) is 5.09. The lowest BCUT2D eigenvalue weighted by Gasteiger charge is -2.40. The van der Waals surface area contributed by atoms with Crippen molar-refractivity contribution in [3.05, 3.63) is 28.7 Å². The van der Waals surface area contributed by atoms with Crippen LogP contribution in [0.1, 0.15) is 33.6 Å². The van der Waals surface area contributed by atoms with Gasteiger partial charge in [0, 0.05) is 23.2 Å². The number of hydrogen-bond donors (Lipinski definition) is 2. The van der Waals surface area contributed by atoms with Gasteiger partial charge in [0.05, 0.1) is 0 Å². The molecular weight excluding hydrogens is 374 g/mol. The van der Waals surface area contributed by atoms with Crippen LogP contribution in [-0.2, 0) is 9.53 Å². The highest BCUT2D eigenvalue weighted by atomic mass is 79.9. The highest BCUT2D eigenvalue weighted by molar-refractivity contribution is 9.10. The molecule has 0 saturated carbocycles. The number of primary amides is 1. The van der Waals surface area contributed by atoms with Crippen LogP contribution < -0.4 is 11.1 Å². The fourth-order valence-corrected chi connectivity index (χ4v) is 2.90. The average Bonchev–Trinajstić information content (AvgIpc) is 2.48. The quantitative estimate of drug-likeness (QED) is 0.820. The van der Waals surface area contributed by atoms with E-state index >= 15 is 0 Å². The number of piperidine rings is 1. The van der Waals surface area contributed by atoms with Gasteiger partial charge in [0.2, 0.25) is 5.91 Å². The third-order valence-corrected chi connectivity index (χ3v) is 4.50. The lowest BCUT2D eigenvalue weighted by Crippen LogP contribution is -2.58. The Hall–Kier alpha value is -1.76. The van der Waals surface area contributed by atoms with E-state index in [2.05, 4.69) is 21.2 Å². The molecule has 0 bridgehead atoms. The Bertz CT molecular complexity index is 603. The average molecular weight is 398 g/mol. The van der Waals surface area contributed by atoms with Crippen molar-refractivity contribution in [2.24, 2.45) is 5.73 Å². The second-order valence-corrected chi connectivity index (χ2v) is 7.96. The Morgan fingerprint density at radius 1 is 1.21 bits per heavy atom. The molecule has 1 aliphatic heterocycles. The van der Waals surface area contributed by atoms with Gasteiger partial charge in [-0.3, -0.25) is 4.79 Å². The monoisotopic (exact) mass is 397 g/mol. The first kappa shape index (κ1) is 18.6. The first-order valence-electron chi connectivity index (χ1n) is 7.93. The molecule has 0 aromatic heterocycles. The summed E-state index contributed by atoms with van der Waals surface area (Å²) >= 11 is 3.38. The number of carbonyl (C=O) groups excluding carboxylic acids is 2. The minimum Gasteiger partial charge on any atom is -0.444 e. The molecule has 0 aliphatic carbocycles. The summed E-state index contributed by atoms with van der Waals surface area (Å²) in [7, 11) is 0. The topological polar surface area (TPSA) is 84.7 Å². The number of rotatable bonds is 3. The van der Waals surface area contributed by atoms with Crippen LogP contribution in [0.5, 0.6) is 0 Å². The van der Waals surface area contributed by atoms with Gasteiger partial charge in [-0.2, -0.15) is 0 Å². The number of nitrogens with one attached hydrogen (secondary N) is 1. The van der Waals surface area contributed by atoms with Gasteiger partial charge in [-0.1, -0.05) is 15.9 Å². The molecule has 0 radical (unpaired) electrons. The largest absolute Gasteiger partial charge is 0.444 e. The Labute approximate surface area is 150 Å². The molecule has 7 heteroatoms. The number of benzene rings is 1. The van der Waals surface area contributed by atoms with Crippen LogP contribution in [0.3, 0.4) is 0 Å². The molecule has 0 unspecified atom stereocenters. The molecule has 1 aromatic carbocycles. The molecule has 0 atom stereocenters. The summed E-state index contributed by atoms with van der Waals surface area (Å²) in [5, 5.41) is 3.25. The number of anilines is 1. The smallest absolute Gasteiger partial charge is 0.410 e. The maximum absolute atomic E-state index is 12.2. The molecule has 0 spiro atoms. The van der Waals surface area contributed by atoms with Gasteiger partial charge in [-0.15, -0.1) is 0 Å². The molecule has 1 fully saturated rings. The van der Waals surface area contributed by atoms with Crippen molar-refractivity contribution in [2.75, 3.05) is 18.4 Å². The molecule has 1 heterocycles. The summed E-state index contributed by atoms with van der Waals surface area (Å²) in [5.74, 6) is -0.408. The predicted octanol–water partition coefficient (Wildman–Crippen LogP) is 3.12. The number of likely N-dealkylation sites (tertiary alicyclic amines) is 1. The SMILES string of the molecule is CC(C)(C)OC(=O)N1CCC(Nc2ccc(Br)cc2)(C(N)=O)CC1. The van der Waals surface area contributed by atoms with Gasteiger partial charge in [-0.05, 0) is 57.9 Å². The third kappa shape index (κ3) is 4.63. The summed E-state index contributed by atoms with van der Waals surface area (Å²) in [6.07, 6.45) is 0.527. The zero-order valence-electron chi connectivity index (χ0n) is 14.3. The number of nitrogens with zero attached hydrogens (tertiary/aromatic N) is 1. The molecule has 1 saturated heterocycles. The van der Waals surface area contributed by atoms with E-state index in [0.29, 0.717) is 25.9 Å². The minimum absolute atomic E-state index is 0.357. The van der Waals surface area contributed by atoms with E-state index in [4.69, 9.17) is 10.5 Å². The van der Waals surface area contributed by atoms with Crippen LogP contribution in [0.25, 0.3) is 0 Å². The summed E-state index contributed by atoms with van der Waals surface area (Å²) in [6, 6.07) is 7.56. The van der Waals surface area contributed by atoms with Crippen molar-refractivity contribution in [1.82, 2.24) is 4.90 Å². The van der Waals surface area contributed by atoms with E-state index in [9.17, 15) is 9.59 Å². The highest BCUT2D eigenvalue weighted by Gasteiger charge is 2.41. The van der Waals surface area contributed by atoms with Gasteiger partial charge < -0.3 is 20.7 Å². The second-order valence-electron chi connectivity index (χ2n) is 7.05. The van der Waals surface area contributed by atoms with Crippen molar-refractivity contribution in [1.29, 1.82) is 0 Å². The Morgan fingerprint density at radius 3 is 2.21 bits per heavy atom. The van der Waals surface area contributed by atoms with Crippen LogP contribution in [0.15, 0.2) is 28.7 Å². The Balaban J connectivity index is 2.05. The standard InChI is InChI=1S/C17H24BrN3O3/c1-16(2,3)24-15(23)21-10-8-17(9-11-21,14(19)22)20-13-6-4-12(18)5-7-13/h4-7,20H,8-11H2,1-3H3,(H2,19,22). The van der Waals surface area contributed by atoms with Crippen molar-refractivity contribution < 1.29 is 14.3 Å². The number of ether oxygens (including phenoxy) is 1. The van der Waals surface area contributed by atoms with Gasteiger partial charge in [0.15, 0.2) is 0 Å². The summed E-state index contributed by atoms with van der Waals surface area (Å²) < 4.78 is 6.34. The number of halogens is 1.